The van der Waals surface area contributed by atoms with Crippen molar-refractivity contribution in [1.82, 2.24) is 9.80 Å². The minimum Gasteiger partial charge on any atom is -0.337 e. The first-order valence-corrected chi connectivity index (χ1v) is 10.2. The van der Waals surface area contributed by atoms with E-state index >= 15 is 0 Å². The number of halogens is 2. The SMILES string of the molecule is O=C(c1ccc(F)cc1I)N1CCCN(CCCc2ccccc2)CC1. The maximum Gasteiger partial charge on any atom is 0.254 e. The predicted octanol–water partition coefficient (Wildman–Crippen LogP) is 4.21. The average molecular weight is 466 g/mol. The number of amides is 1. The Morgan fingerprint density at radius 1 is 1.04 bits per heavy atom. The highest BCUT2D eigenvalue weighted by Crippen LogP contribution is 2.17. The van der Waals surface area contributed by atoms with Crippen LogP contribution in [0.5, 0.6) is 0 Å². The van der Waals surface area contributed by atoms with E-state index in [2.05, 4.69) is 29.2 Å². The number of carbonyl (C=O) groups excluding carboxylic acids is 1. The van der Waals surface area contributed by atoms with Crippen LogP contribution < -0.4 is 0 Å². The fourth-order valence-electron chi connectivity index (χ4n) is 3.38. The minimum absolute atomic E-state index is 0.0144. The van der Waals surface area contributed by atoms with Gasteiger partial charge in [0.25, 0.3) is 5.91 Å². The highest BCUT2D eigenvalue weighted by molar-refractivity contribution is 14.1. The van der Waals surface area contributed by atoms with Gasteiger partial charge in [-0.25, -0.2) is 4.39 Å². The summed E-state index contributed by atoms with van der Waals surface area (Å²) in [4.78, 5) is 17.1. The molecule has 0 aliphatic carbocycles. The summed E-state index contributed by atoms with van der Waals surface area (Å²) in [6.07, 6.45) is 3.20. The number of nitrogens with zero attached hydrogens (tertiary/aromatic N) is 2. The lowest BCUT2D eigenvalue weighted by Gasteiger charge is -2.22. The second kappa shape index (κ2) is 9.46. The number of hydrogen-bond donors (Lipinski definition) is 0. The van der Waals surface area contributed by atoms with Crippen LogP contribution in [0.1, 0.15) is 28.8 Å². The fraction of sp³-hybridized carbons (Fsp3) is 0.381. The molecule has 1 aliphatic rings. The van der Waals surface area contributed by atoms with Crippen molar-refractivity contribution in [2.45, 2.75) is 19.3 Å². The van der Waals surface area contributed by atoms with E-state index in [-0.39, 0.29) is 11.7 Å². The first kappa shape index (κ1) is 19.3. The standard InChI is InChI=1S/C21H24FIN2O/c22-18-9-10-19(20(23)16-18)21(26)25-13-5-12-24(14-15-25)11-4-8-17-6-2-1-3-7-17/h1-3,6-7,9-10,16H,4-5,8,11-15H2. The zero-order chi connectivity index (χ0) is 18.4. The topological polar surface area (TPSA) is 23.6 Å². The molecule has 0 aromatic heterocycles. The molecule has 3 nitrogen and oxygen atoms in total. The van der Waals surface area contributed by atoms with Crippen LogP contribution in [0.25, 0.3) is 0 Å². The maximum atomic E-state index is 13.3. The van der Waals surface area contributed by atoms with Crippen molar-refractivity contribution in [3.8, 4) is 0 Å². The van der Waals surface area contributed by atoms with Gasteiger partial charge in [-0.15, -0.1) is 0 Å². The number of carbonyl (C=O) groups is 1. The number of rotatable bonds is 5. The smallest absolute Gasteiger partial charge is 0.254 e. The van der Waals surface area contributed by atoms with Gasteiger partial charge >= 0.3 is 0 Å². The first-order chi connectivity index (χ1) is 12.6. The minimum atomic E-state index is -0.300. The summed E-state index contributed by atoms with van der Waals surface area (Å²) in [5.41, 5.74) is 1.98. The molecule has 0 atom stereocenters. The summed E-state index contributed by atoms with van der Waals surface area (Å²) in [6, 6.07) is 14.9. The number of hydrogen-bond acceptors (Lipinski definition) is 2. The molecular formula is C21H24FIN2O. The Balaban J connectivity index is 1.50. The largest absolute Gasteiger partial charge is 0.337 e. The van der Waals surface area contributed by atoms with E-state index in [0.29, 0.717) is 9.13 Å². The zero-order valence-electron chi connectivity index (χ0n) is 14.8. The second-order valence-electron chi connectivity index (χ2n) is 6.70. The van der Waals surface area contributed by atoms with Gasteiger partial charge in [0, 0.05) is 23.2 Å². The van der Waals surface area contributed by atoms with E-state index in [1.807, 2.05) is 33.6 Å². The summed E-state index contributed by atoms with van der Waals surface area (Å²) in [7, 11) is 0. The molecule has 26 heavy (non-hydrogen) atoms. The normalized spacial score (nSPS) is 15.7. The molecule has 2 aromatic carbocycles. The molecule has 1 saturated heterocycles. The van der Waals surface area contributed by atoms with Gasteiger partial charge < -0.3 is 9.80 Å². The van der Waals surface area contributed by atoms with Crippen LogP contribution in [0.3, 0.4) is 0 Å². The van der Waals surface area contributed by atoms with Gasteiger partial charge in [-0.2, -0.15) is 0 Å². The predicted molar refractivity (Wildman–Crippen MR) is 111 cm³/mol. The Bertz CT molecular complexity index is 738. The third-order valence-corrected chi connectivity index (χ3v) is 5.71. The van der Waals surface area contributed by atoms with Crippen molar-refractivity contribution < 1.29 is 9.18 Å². The maximum absolute atomic E-state index is 13.3. The Morgan fingerprint density at radius 3 is 2.62 bits per heavy atom. The quantitative estimate of drug-likeness (QED) is 0.617. The van der Waals surface area contributed by atoms with Crippen molar-refractivity contribution in [2.24, 2.45) is 0 Å². The molecule has 1 heterocycles. The molecule has 0 bridgehead atoms. The molecule has 1 amide bonds. The Kier molecular flexibility index (Phi) is 7.02. The molecule has 3 rings (SSSR count). The Hall–Kier alpha value is -1.47. The Labute approximate surface area is 168 Å². The molecule has 2 aromatic rings. The van der Waals surface area contributed by atoms with E-state index < -0.39 is 0 Å². The molecule has 0 saturated carbocycles. The van der Waals surface area contributed by atoms with Crippen LogP contribution in [0, 0.1) is 9.39 Å². The molecule has 0 N–H and O–H groups in total. The molecule has 0 unspecified atom stereocenters. The summed E-state index contributed by atoms with van der Waals surface area (Å²) in [5.74, 6) is -0.285. The van der Waals surface area contributed by atoms with E-state index in [1.54, 1.807) is 6.07 Å². The van der Waals surface area contributed by atoms with E-state index in [0.717, 1.165) is 52.0 Å². The van der Waals surface area contributed by atoms with Crippen molar-refractivity contribution in [2.75, 3.05) is 32.7 Å². The molecule has 138 valence electrons. The van der Waals surface area contributed by atoms with E-state index in [4.69, 9.17) is 0 Å². The van der Waals surface area contributed by atoms with Crippen molar-refractivity contribution in [1.29, 1.82) is 0 Å². The highest BCUT2D eigenvalue weighted by Gasteiger charge is 2.21. The van der Waals surface area contributed by atoms with Crippen molar-refractivity contribution in [3.05, 3.63) is 69.0 Å². The summed E-state index contributed by atoms with van der Waals surface area (Å²) >= 11 is 2.04. The van der Waals surface area contributed by atoms with Crippen LogP contribution in [-0.2, 0) is 6.42 Å². The molecule has 1 aliphatic heterocycles. The lowest BCUT2D eigenvalue weighted by molar-refractivity contribution is 0.0760. The van der Waals surface area contributed by atoms with Crippen LogP contribution in [0.15, 0.2) is 48.5 Å². The van der Waals surface area contributed by atoms with Gasteiger partial charge in [-0.05, 0) is 78.7 Å². The van der Waals surface area contributed by atoms with E-state index in [1.165, 1.54) is 17.7 Å². The van der Waals surface area contributed by atoms with Crippen LogP contribution in [-0.4, -0.2) is 48.4 Å². The first-order valence-electron chi connectivity index (χ1n) is 9.14. The van der Waals surface area contributed by atoms with Gasteiger partial charge in [0.15, 0.2) is 0 Å². The van der Waals surface area contributed by atoms with Gasteiger partial charge in [-0.1, -0.05) is 30.3 Å². The number of benzene rings is 2. The molecule has 1 fully saturated rings. The Morgan fingerprint density at radius 2 is 1.85 bits per heavy atom. The van der Waals surface area contributed by atoms with Gasteiger partial charge in [0.05, 0.1) is 5.56 Å². The van der Waals surface area contributed by atoms with Crippen LogP contribution >= 0.6 is 22.6 Å². The van der Waals surface area contributed by atoms with Crippen LogP contribution in [0.4, 0.5) is 4.39 Å². The zero-order valence-corrected chi connectivity index (χ0v) is 17.0. The molecule has 0 radical (unpaired) electrons. The van der Waals surface area contributed by atoms with Crippen molar-refractivity contribution >= 4 is 28.5 Å². The fourth-order valence-corrected chi connectivity index (χ4v) is 4.09. The third kappa shape index (κ3) is 5.27. The van der Waals surface area contributed by atoms with Crippen LogP contribution in [0.2, 0.25) is 0 Å². The average Bonchev–Trinajstić information content (AvgIpc) is 2.88. The summed E-state index contributed by atoms with van der Waals surface area (Å²) in [5, 5.41) is 0. The molecular weight excluding hydrogens is 442 g/mol. The molecule has 0 spiro atoms. The third-order valence-electron chi connectivity index (χ3n) is 4.82. The highest BCUT2D eigenvalue weighted by atomic mass is 127. The lowest BCUT2D eigenvalue weighted by atomic mass is 10.1. The molecule has 5 heteroatoms. The lowest BCUT2D eigenvalue weighted by Crippen LogP contribution is -2.35. The van der Waals surface area contributed by atoms with Crippen molar-refractivity contribution in [3.63, 3.8) is 0 Å². The van der Waals surface area contributed by atoms with E-state index in [9.17, 15) is 9.18 Å². The summed E-state index contributed by atoms with van der Waals surface area (Å²) < 4.78 is 14.0. The monoisotopic (exact) mass is 466 g/mol. The summed E-state index contributed by atoms with van der Waals surface area (Å²) in [6.45, 7) is 4.49. The van der Waals surface area contributed by atoms with Gasteiger partial charge in [-0.3, -0.25) is 4.79 Å². The second-order valence-corrected chi connectivity index (χ2v) is 7.86. The number of aryl methyl sites for hydroxylation is 1. The van der Waals surface area contributed by atoms with Gasteiger partial charge in [0.2, 0.25) is 0 Å². The van der Waals surface area contributed by atoms with Gasteiger partial charge in [0.1, 0.15) is 5.82 Å².